The first-order valence-electron chi connectivity index (χ1n) is 3.42. The molecule has 1 heterocycles. The van der Waals surface area contributed by atoms with Gasteiger partial charge < -0.3 is 4.90 Å². The van der Waals surface area contributed by atoms with Crippen molar-refractivity contribution in [2.24, 2.45) is 4.99 Å². The molecule has 0 radical (unpaired) electrons. The summed E-state index contributed by atoms with van der Waals surface area (Å²) in [5, 5.41) is 0. The molecule has 12 heavy (non-hydrogen) atoms. The van der Waals surface area contributed by atoms with Gasteiger partial charge in [-0.15, -0.1) is 0 Å². The summed E-state index contributed by atoms with van der Waals surface area (Å²) in [5.41, 5.74) is -0.213. The smallest absolute Gasteiger partial charge is 0.351 e. The van der Waals surface area contributed by atoms with E-state index in [0.717, 1.165) is 11.0 Å². The van der Waals surface area contributed by atoms with Gasteiger partial charge in [0.05, 0.1) is 0 Å². The second kappa shape index (κ2) is 2.80. The fraction of sp³-hybridized carbons (Fsp3) is 0.571. The van der Waals surface area contributed by atoms with Gasteiger partial charge in [0.15, 0.2) is 0 Å². The molecule has 0 unspecified atom stereocenters. The molecule has 1 aliphatic heterocycles. The van der Waals surface area contributed by atoms with Crippen LogP contribution in [-0.2, 0) is 0 Å². The van der Waals surface area contributed by atoms with Crippen molar-refractivity contribution in [3.8, 4) is 0 Å². The number of nitrogens with zero attached hydrogens (tertiary/aromatic N) is 2. The van der Waals surface area contributed by atoms with Gasteiger partial charge in [0.25, 0.3) is 0 Å². The van der Waals surface area contributed by atoms with E-state index in [1.165, 1.54) is 7.05 Å². The standard InChI is InChI=1S/C7H9F3N2/c1-5-3-6(7(8,9)10)12(2)4-11-5/h3H,4H2,1-2H3. The average molecular weight is 178 g/mol. The Bertz CT molecular complexity index is 240. The van der Waals surface area contributed by atoms with E-state index in [-0.39, 0.29) is 6.67 Å². The molecule has 0 atom stereocenters. The summed E-state index contributed by atoms with van der Waals surface area (Å²) in [6, 6.07) is 0. The van der Waals surface area contributed by atoms with Crippen molar-refractivity contribution < 1.29 is 13.2 Å². The largest absolute Gasteiger partial charge is 0.431 e. The predicted molar refractivity (Wildman–Crippen MR) is 39.9 cm³/mol. The molecule has 0 aromatic carbocycles. The first-order valence-corrected chi connectivity index (χ1v) is 3.42. The van der Waals surface area contributed by atoms with Crippen LogP contribution >= 0.6 is 0 Å². The van der Waals surface area contributed by atoms with Crippen LogP contribution < -0.4 is 0 Å². The molecule has 0 fully saturated rings. The third-order valence-corrected chi connectivity index (χ3v) is 1.58. The van der Waals surface area contributed by atoms with E-state index in [1.807, 2.05) is 0 Å². The van der Waals surface area contributed by atoms with Crippen LogP contribution in [0.3, 0.4) is 0 Å². The molecule has 1 rings (SSSR count). The maximum absolute atomic E-state index is 12.2. The number of halogens is 3. The average Bonchev–Trinajstić information content (AvgIpc) is 1.92. The lowest BCUT2D eigenvalue weighted by Crippen LogP contribution is -2.32. The van der Waals surface area contributed by atoms with E-state index in [0.29, 0.717) is 5.71 Å². The van der Waals surface area contributed by atoms with Crippen LogP contribution in [-0.4, -0.2) is 30.5 Å². The Morgan fingerprint density at radius 3 is 2.50 bits per heavy atom. The van der Waals surface area contributed by atoms with Gasteiger partial charge in [-0.25, -0.2) is 0 Å². The van der Waals surface area contributed by atoms with Crippen molar-refractivity contribution >= 4 is 5.71 Å². The molecule has 1 aliphatic rings. The normalized spacial score (nSPS) is 18.9. The van der Waals surface area contributed by atoms with Crippen LogP contribution in [0.15, 0.2) is 16.8 Å². The molecule has 0 spiro atoms. The molecular formula is C7H9F3N2. The Labute approximate surface area is 68.4 Å². The number of aliphatic imine (C=N–C) groups is 1. The Kier molecular flexibility index (Phi) is 2.12. The molecule has 5 heteroatoms. The van der Waals surface area contributed by atoms with Gasteiger partial charge in [-0.1, -0.05) is 0 Å². The summed E-state index contributed by atoms with van der Waals surface area (Å²) in [4.78, 5) is 4.92. The molecule has 0 saturated heterocycles. The van der Waals surface area contributed by atoms with Crippen LogP contribution in [0.4, 0.5) is 13.2 Å². The van der Waals surface area contributed by atoms with E-state index < -0.39 is 11.9 Å². The van der Waals surface area contributed by atoms with Crippen molar-refractivity contribution in [3.63, 3.8) is 0 Å². The number of rotatable bonds is 0. The van der Waals surface area contributed by atoms with Crippen molar-refractivity contribution in [2.45, 2.75) is 13.1 Å². The first-order chi connectivity index (χ1) is 5.41. The van der Waals surface area contributed by atoms with Gasteiger partial charge in [-0.05, 0) is 13.0 Å². The minimum absolute atomic E-state index is 0.0805. The number of alkyl halides is 3. The third kappa shape index (κ3) is 1.78. The molecule has 2 nitrogen and oxygen atoms in total. The molecular weight excluding hydrogens is 169 g/mol. The zero-order valence-electron chi connectivity index (χ0n) is 6.81. The molecule has 0 aromatic heterocycles. The second-order valence-electron chi connectivity index (χ2n) is 2.67. The fourth-order valence-corrected chi connectivity index (χ4v) is 0.946. The number of allylic oxidation sites excluding steroid dienone is 2. The molecule has 0 aliphatic carbocycles. The zero-order valence-corrected chi connectivity index (χ0v) is 6.81. The maximum atomic E-state index is 12.2. The Hall–Kier alpha value is -1.00. The van der Waals surface area contributed by atoms with Crippen LogP contribution in [0.5, 0.6) is 0 Å². The summed E-state index contributed by atoms with van der Waals surface area (Å²) in [6.45, 7) is 1.63. The summed E-state index contributed by atoms with van der Waals surface area (Å²) in [6.07, 6.45) is -3.23. The zero-order chi connectivity index (χ0) is 9.35. The molecule has 0 saturated carbocycles. The maximum Gasteiger partial charge on any atom is 0.431 e. The minimum Gasteiger partial charge on any atom is -0.351 e. The number of hydrogen-bond donors (Lipinski definition) is 0. The van der Waals surface area contributed by atoms with Crippen molar-refractivity contribution in [2.75, 3.05) is 13.7 Å². The van der Waals surface area contributed by atoms with Crippen molar-refractivity contribution in [3.05, 3.63) is 11.8 Å². The SMILES string of the molecule is CC1=NCN(C)C(C(F)(F)F)=C1. The van der Waals surface area contributed by atoms with Gasteiger partial charge in [0, 0.05) is 12.8 Å². The molecule has 0 N–H and O–H groups in total. The highest BCUT2D eigenvalue weighted by molar-refractivity contribution is 5.94. The van der Waals surface area contributed by atoms with E-state index in [9.17, 15) is 13.2 Å². The highest BCUT2D eigenvalue weighted by atomic mass is 19.4. The third-order valence-electron chi connectivity index (χ3n) is 1.58. The topological polar surface area (TPSA) is 15.6 Å². The summed E-state index contributed by atoms with van der Waals surface area (Å²) >= 11 is 0. The van der Waals surface area contributed by atoms with E-state index in [1.54, 1.807) is 6.92 Å². The lowest BCUT2D eigenvalue weighted by atomic mass is 10.2. The molecule has 0 bridgehead atoms. The molecule has 0 aromatic rings. The van der Waals surface area contributed by atoms with Gasteiger partial charge in [0.2, 0.25) is 0 Å². The van der Waals surface area contributed by atoms with Crippen molar-refractivity contribution in [1.82, 2.24) is 4.90 Å². The van der Waals surface area contributed by atoms with E-state index >= 15 is 0 Å². The Morgan fingerprint density at radius 2 is 2.08 bits per heavy atom. The van der Waals surface area contributed by atoms with E-state index in [4.69, 9.17) is 0 Å². The lowest BCUT2D eigenvalue weighted by molar-refractivity contribution is -0.109. The lowest BCUT2D eigenvalue weighted by Gasteiger charge is -2.25. The van der Waals surface area contributed by atoms with Gasteiger partial charge in [0.1, 0.15) is 12.4 Å². The van der Waals surface area contributed by atoms with Crippen LogP contribution in [0.2, 0.25) is 0 Å². The molecule has 68 valence electrons. The second-order valence-corrected chi connectivity index (χ2v) is 2.67. The Morgan fingerprint density at radius 1 is 1.50 bits per heavy atom. The summed E-state index contributed by atoms with van der Waals surface area (Å²) in [5.74, 6) is 0. The van der Waals surface area contributed by atoms with Crippen molar-refractivity contribution in [1.29, 1.82) is 0 Å². The quantitative estimate of drug-likeness (QED) is 0.552. The molecule has 0 amide bonds. The predicted octanol–water partition coefficient (Wildman–Crippen LogP) is 1.80. The van der Waals surface area contributed by atoms with Gasteiger partial charge in [-0.3, -0.25) is 4.99 Å². The van der Waals surface area contributed by atoms with Crippen LogP contribution in [0.25, 0.3) is 0 Å². The highest BCUT2D eigenvalue weighted by Crippen LogP contribution is 2.28. The van der Waals surface area contributed by atoms with Crippen LogP contribution in [0.1, 0.15) is 6.92 Å². The first kappa shape index (κ1) is 9.09. The summed E-state index contributed by atoms with van der Waals surface area (Å²) in [7, 11) is 1.37. The highest BCUT2D eigenvalue weighted by Gasteiger charge is 2.37. The van der Waals surface area contributed by atoms with Gasteiger partial charge >= 0.3 is 6.18 Å². The fourth-order valence-electron chi connectivity index (χ4n) is 0.946. The van der Waals surface area contributed by atoms with Crippen LogP contribution in [0, 0.1) is 0 Å². The van der Waals surface area contributed by atoms with Gasteiger partial charge in [-0.2, -0.15) is 13.2 Å². The minimum atomic E-state index is -4.27. The monoisotopic (exact) mass is 178 g/mol. The Balaban J connectivity index is 2.94. The van der Waals surface area contributed by atoms with E-state index in [2.05, 4.69) is 4.99 Å². The number of hydrogen-bond acceptors (Lipinski definition) is 2. The summed E-state index contributed by atoms with van der Waals surface area (Å²) < 4.78 is 36.6.